The van der Waals surface area contributed by atoms with Crippen LogP contribution in [0.25, 0.3) is 0 Å². The third-order valence-corrected chi connectivity index (χ3v) is 4.37. The topological polar surface area (TPSA) is 70.4 Å². The number of nitriles is 1. The molecule has 3 rings (SSSR count). The zero-order chi connectivity index (χ0) is 12.0. The summed E-state index contributed by atoms with van der Waals surface area (Å²) < 4.78 is 5.63. The Labute approximate surface area is 103 Å². The molecule has 6 heteroatoms. The molecular formula is C11H12N2O3S. The van der Waals surface area contributed by atoms with Gasteiger partial charge in [0.15, 0.2) is 0 Å². The lowest BCUT2D eigenvalue weighted by Crippen LogP contribution is -2.35. The number of carbonyl (C=O) groups is 2. The van der Waals surface area contributed by atoms with Gasteiger partial charge in [-0.15, -0.1) is 0 Å². The monoisotopic (exact) mass is 252 g/mol. The summed E-state index contributed by atoms with van der Waals surface area (Å²) in [5.41, 5.74) is 0. The van der Waals surface area contributed by atoms with Crippen LogP contribution in [0, 0.1) is 22.5 Å². The largest absolute Gasteiger partial charge is 0.373 e. The molecule has 4 atom stereocenters. The quantitative estimate of drug-likeness (QED) is 0.412. The van der Waals surface area contributed by atoms with Crippen LogP contribution in [0.3, 0.4) is 0 Å². The van der Waals surface area contributed by atoms with Crippen molar-refractivity contribution in [3.05, 3.63) is 0 Å². The van der Waals surface area contributed by atoms with Crippen molar-refractivity contribution in [3.8, 4) is 5.40 Å². The van der Waals surface area contributed by atoms with Gasteiger partial charge in [-0.1, -0.05) is 0 Å². The summed E-state index contributed by atoms with van der Waals surface area (Å²) in [6.07, 6.45) is 1.70. The normalized spacial score (nSPS) is 38.6. The number of nitrogens with zero attached hydrogens (tertiary/aromatic N) is 2. The van der Waals surface area contributed by atoms with E-state index in [1.165, 1.54) is 4.90 Å². The molecule has 0 aromatic rings. The van der Waals surface area contributed by atoms with Crippen molar-refractivity contribution in [2.24, 2.45) is 11.8 Å². The number of thioether (sulfide) groups is 1. The van der Waals surface area contributed by atoms with Crippen LogP contribution in [0.4, 0.5) is 0 Å². The molecule has 0 aromatic carbocycles. The molecule has 3 aliphatic rings. The highest BCUT2D eigenvalue weighted by molar-refractivity contribution is 8.03. The van der Waals surface area contributed by atoms with Gasteiger partial charge in [0.05, 0.1) is 24.0 Å². The Morgan fingerprint density at radius 1 is 1.29 bits per heavy atom. The number of ether oxygens (including phenoxy) is 1. The first kappa shape index (κ1) is 11.1. The van der Waals surface area contributed by atoms with Gasteiger partial charge in [-0.2, -0.15) is 5.26 Å². The minimum atomic E-state index is -0.242. The summed E-state index contributed by atoms with van der Waals surface area (Å²) in [6.45, 7) is 0.350. The van der Waals surface area contributed by atoms with Crippen LogP contribution in [-0.4, -0.2) is 41.2 Å². The van der Waals surface area contributed by atoms with Gasteiger partial charge in [-0.3, -0.25) is 14.5 Å². The molecule has 0 radical (unpaired) electrons. The average Bonchev–Trinajstić information content (AvgIpc) is 2.97. The van der Waals surface area contributed by atoms with Crippen molar-refractivity contribution < 1.29 is 14.3 Å². The molecule has 3 heterocycles. The molecule has 3 fully saturated rings. The fourth-order valence-corrected chi connectivity index (χ4v) is 3.54. The van der Waals surface area contributed by atoms with Gasteiger partial charge in [-0.05, 0) is 24.6 Å². The molecule has 5 nitrogen and oxygen atoms in total. The SMILES string of the molecule is N#CSCCN1C(=O)[C@@H]2[C@H](C1=O)[C@H]1CC[C@@H]2O1. The number of thiocyanates is 1. The van der Waals surface area contributed by atoms with Crippen molar-refractivity contribution in [2.75, 3.05) is 12.3 Å². The number of fused-ring (bicyclic) bond motifs is 5. The molecule has 3 saturated heterocycles. The lowest BCUT2D eigenvalue weighted by atomic mass is 9.81. The molecule has 0 spiro atoms. The summed E-state index contributed by atoms with van der Waals surface area (Å²) in [5, 5.41) is 10.4. The molecule has 0 N–H and O–H groups in total. The minimum absolute atomic E-state index is 0.0462. The maximum Gasteiger partial charge on any atom is 0.235 e. The predicted octanol–water partition coefficient (Wildman–Crippen LogP) is 0.363. The number of amides is 2. The van der Waals surface area contributed by atoms with E-state index in [4.69, 9.17) is 10.00 Å². The van der Waals surface area contributed by atoms with E-state index < -0.39 is 0 Å². The maximum atomic E-state index is 12.1. The molecule has 0 saturated carbocycles. The van der Waals surface area contributed by atoms with Crippen LogP contribution in [0.2, 0.25) is 0 Å². The fourth-order valence-electron chi connectivity index (χ4n) is 3.18. The Balaban J connectivity index is 1.75. The molecule has 0 aliphatic carbocycles. The van der Waals surface area contributed by atoms with E-state index in [1.54, 1.807) is 0 Å². The third-order valence-electron chi connectivity index (χ3n) is 3.86. The Hall–Kier alpha value is -1.06. The lowest BCUT2D eigenvalue weighted by molar-refractivity contribution is -0.142. The first-order valence-electron chi connectivity index (χ1n) is 5.75. The summed E-state index contributed by atoms with van der Waals surface area (Å²) >= 11 is 1.07. The van der Waals surface area contributed by atoms with Gasteiger partial charge in [0.25, 0.3) is 0 Å². The van der Waals surface area contributed by atoms with Crippen LogP contribution in [-0.2, 0) is 14.3 Å². The van der Waals surface area contributed by atoms with E-state index in [9.17, 15) is 9.59 Å². The number of imide groups is 1. The van der Waals surface area contributed by atoms with Crippen LogP contribution in [0.5, 0.6) is 0 Å². The van der Waals surface area contributed by atoms with Crippen molar-refractivity contribution in [2.45, 2.75) is 25.0 Å². The molecule has 0 aromatic heterocycles. The summed E-state index contributed by atoms with van der Waals surface area (Å²) in [6, 6.07) is 0. The molecule has 17 heavy (non-hydrogen) atoms. The number of carbonyl (C=O) groups excluding carboxylic acids is 2. The first-order chi connectivity index (χ1) is 8.24. The number of hydrogen-bond donors (Lipinski definition) is 0. The minimum Gasteiger partial charge on any atom is -0.373 e. The smallest absolute Gasteiger partial charge is 0.235 e. The maximum absolute atomic E-state index is 12.1. The Kier molecular flexibility index (Phi) is 2.60. The predicted molar refractivity (Wildman–Crippen MR) is 59.7 cm³/mol. The standard InChI is InChI=1S/C11H12N2O3S/c12-5-17-4-3-13-10(14)8-6-1-2-7(16-6)9(8)11(13)15/h6-9H,1-4H2/t6-,7+,8-,9+. The van der Waals surface area contributed by atoms with Gasteiger partial charge in [-0.25, -0.2) is 0 Å². The summed E-state index contributed by atoms with van der Waals surface area (Å²) in [4.78, 5) is 25.6. The van der Waals surface area contributed by atoms with Gasteiger partial charge < -0.3 is 4.74 Å². The molecule has 3 aliphatic heterocycles. The number of likely N-dealkylation sites (tertiary alicyclic amines) is 1. The van der Waals surface area contributed by atoms with Crippen molar-refractivity contribution in [1.29, 1.82) is 5.26 Å². The second-order valence-corrected chi connectivity index (χ2v) is 5.49. The second-order valence-electron chi connectivity index (χ2n) is 4.61. The van der Waals surface area contributed by atoms with E-state index in [2.05, 4.69) is 0 Å². The molecule has 90 valence electrons. The third kappa shape index (κ3) is 1.49. The van der Waals surface area contributed by atoms with Crippen molar-refractivity contribution in [3.63, 3.8) is 0 Å². The van der Waals surface area contributed by atoms with Crippen LogP contribution < -0.4 is 0 Å². The van der Waals surface area contributed by atoms with Crippen LogP contribution >= 0.6 is 11.8 Å². The van der Waals surface area contributed by atoms with Gasteiger partial charge in [0.1, 0.15) is 5.40 Å². The Morgan fingerprint density at radius 3 is 2.41 bits per heavy atom. The molecule has 0 unspecified atom stereocenters. The molecule has 2 bridgehead atoms. The number of hydrogen-bond acceptors (Lipinski definition) is 5. The zero-order valence-electron chi connectivity index (χ0n) is 9.17. The van der Waals surface area contributed by atoms with E-state index in [0.717, 1.165) is 24.6 Å². The fraction of sp³-hybridized carbons (Fsp3) is 0.727. The van der Waals surface area contributed by atoms with E-state index in [-0.39, 0.29) is 35.9 Å². The Bertz CT molecular complexity index is 391. The van der Waals surface area contributed by atoms with Crippen molar-refractivity contribution in [1.82, 2.24) is 4.90 Å². The second kappa shape index (κ2) is 4.00. The van der Waals surface area contributed by atoms with E-state index in [0.29, 0.717) is 12.3 Å². The first-order valence-corrected chi connectivity index (χ1v) is 6.74. The highest BCUT2D eigenvalue weighted by Crippen LogP contribution is 2.48. The van der Waals surface area contributed by atoms with Gasteiger partial charge in [0.2, 0.25) is 11.8 Å². The van der Waals surface area contributed by atoms with E-state index in [1.807, 2.05) is 5.40 Å². The average molecular weight is 252 g/mol. The Morgan fingerprint density at radius 2 is 1.88 bits per heavy atom. The van der Waals surface area contributed by atoms with E-state index >= 15 is 0 Å². The highest BCUT2D eigenvalue weighted by atomic mass is 32.2. The summed E-state index contributed by atoms with van der Waals surface area (Å²) in [7, 11) is 0. The molecular weight excluding hydrogens is 240 g/mol. The summed E-state index contributed by atoms with van der Waals surface area (Å²) in [5.74, 6) is -0.179. The lowest BCUT2D eigenvalue weighted by Gasteiger charge is -2.16. The van der Waals surface area contributed by atoms with Crippen LogP contribution in [0.15, 0.2) is 0 Å². The van der Waals surface area contributed by atoms with Gasteiger partial charge >= 0.3 is 0 Å². The zero-order valence-corrected chi connectivity index (χ0v) is 9.98. The number of rotatable bonds is 3. The van der Waals surface area contributed by atoms with Crippen LogP contribution in [0.1, 0.15) is 12.8 Å². The highest BCUT2D eigenvalue weighted by Gasteiger charge is 2.62. The van der Waals surface area contributed by atoms with Crippen molar-refractivity contribution >= 4 is 23.6 Å². The van der Waals surface area contributed by atoms with Gasteiger partial charge in [0, 0.05) is 12.3 Å². The molecule has 2 amide bonds.